The molecule has 216 valence electrons. The van der Waals surface area contributed by atoms with Crippen LogP contribution in [0.5, 0.6) is 5.75 Å². The van der Waals surface area contributed by atoms with Crippen molar-refractivity contribution in [2.75, 3.05) is 37.4 Å². The number of rotatable bonds is 8. The van der Waals surface area contributed by atoms with Gasteiger partial charge in [0.1, 0.15) is 29.4 Å². The number of nitrogens with zero attached hydrogens (tertiary/aromatic N) is 4. The summed E-state index contributed by atoms with van der Waals surface area (Å²) in [5.41, 5.74) is 3.53. The highest BCUT2D eigenvalue weighted by molar-refractivity contribution is 7.63. The summed E-state index contributed by atoms with van der Waals surface area (Å²) in [7, 11) is -1.96. The van der Waals surface area contributed by atoms with E-state index in [1.165, 1.54) is 6.33 Å². The molecule has 1 fully saturated rings. The van der Waals surface area contributed by atoms with Crippen LogP contribution in [0.2, 0.25) is 5.02 Å². The van der Waals surface area contributed by atoms with E-state index < -0.39 is 7.14 Å². The lowest BCUT2D eigenvalue weighted by Gasteiger charge is -2.29. The standard InChI is InChI=1S/C31H31ClN5O4P/c1-21-4-3-5-24(37(21)38)19-40-30-10-7-23(17-27(30)32)35-31-26-16-22(6-9-28(26)33-20-34-31)29-11-8-25(41-29)18-36-12-14-42(2,39)15-13-36/h3-11,16-17,20H,12-15,18-19H2,1-2H3,(H,33,34,35). The lowest BCUT2D eigenvalue weighted by molar-refractivity contribution is -0.622. The van der Waals surface area contributed by atoms with Crippen LogP contribution in [-0.4, -0.2) is 46.9 Å². The number of hydrogen-bond donors (Lipinski definition) is 1. The number of aromatic nitrogens is 3. The summed E-state index contributed by atoms with van der Waals surface area (Å²) in [6, 6.07) is 20.6. The lowest BCUT2D eigenvalue weighted by Crippen LogP contribution is -2.35. The Labute approximate surface area is 249 Å². The Hall–Kier alpha value is -3.91. The van der Waals surface area contributed by atoms with Crippen LogP contribution in [0, 0.1) is 12.1 Å². The van der Waals surface area contributed by atoms with Crippen molar-refractivity contribution in [2.24, 2.45) is 0 Å². The van der Waals surface area contributed by atoms with Crippen molar-refractivity contribution in [3.8, 4) is 17.1 Å². The molecule has 0 atom stereocenters. The van der Waals surface area contributed by atoms with Gasteiger partial charge in [-0.1, -0.05) is 11.6 Å². The Morgan fingerprint density at radius 3 is 2.74 bits per heavy atom. The molecule has 5 aromatic rings. The maximum Gasteiger partial charge on any atom is 0.230 e. The number of ether oxygens (including phenoxy) is 1. The van der Waals surface area contributed by atoms with E-state index in [1.807, 2.05) is 49.1 Å². The second kappa shape index (κ2) is 11.8. The molecule has 6 rings (SSSR count). The third-order valence-electron chi connectivity index (χ3n) is 7.52. The predicted octanol–water partition coefficient (Wildman–Crippen LogP) is 6.62. The zero-order chi connectivity index (χ0) is 29.3. The van der Waals surface area contributed by atoms with E-state index in [4.69, 9.17) is 20.8 Å². The average molecular weight is 604 g/mol. The van der Waals surface area contributed by atoms with Gasteiger partial charge in [0.05, 0.1) is 24.2 Å². The zero-order valence-corrected chi connectivity index (χ0v) is 25.1. The van der Waals surface area contributed by atoms with Crippen molar-refractivity contribution < 1.29 is 18.4 Å². The molecule has 0 bridgehead atoms. The Morgan fingerprint density at radius 2 is 1.93 bits per heavy atom. The van der Waals surface area contributed by atoms with Crippen LogP contribution in [0.25, 0.3) is 22.2 Å². The van der Waals surface area contributed by atoms with Crippen LogP contribution in [0.15, 0.2) is 77.5 Å². The smallest absolute Gasteiger partial charge is 0.230 e. The highest BCUT2D eigenvalue weighted by Crippen LogP contribution is 2.43. The highest BCUT2D eigenvalue weighted by atomic mass is 35.5. The first-order valence-electron chi connectivity index (χ1n) is 13.7. The predicted molar refractivity (Wildman–Crippen MR) is 165 cm³/mol. The number of furan rings is 1. The maximum absolute atomic E-state index is 12.3. The van der Waals surface area contributed by atoms with Crippen LogP contribution in [0.1, 0.15) is 17.1 Å². The molecule has 9 nitrogen and oxygen atoms in total. The monoisotopic (exact) mass is 603 g/mol. The van der Waals surface area contributed by atoms with E-state index in [0.717, 1.165) is 63.8 Å². The van der Waals surface area contributed by atoms with E-state index in [1.54, 1.807) is 31.2 Å². The van der Waals surface area contributed by atoms with Gasteiger partial charge in [0.25, 0.3) is 0 Å². The van der Waals surface area contributed by atoms with Gasteiger partial charge in [-0.3, -0.25) is 4.90 Å². The zero-order valence-electron chi connectivity index (χ0n) is 23.4. The van der Waals surface area contributed by atoms with Gasteiger partial charge >= 0.3 is 0 Å². The van der Waals surface area contributed by atoms with Gasteiger partial charge in [-0.15, -0.1) is 0 Å². The van der Waals surface area contributed by atoms with Gasteiger partial charge in [0.15, 0.2) is 12.3 Å². The largest absolute Gasteiger partial charge is 0.618 e. The lowest BCUT2D eigenvalue weighted by atomic mass is 10.1. The summed E-state index contributed by atoms with van der Waals surface area (Å²) in [6.45, 7) is 6.11. The Balaban J connectivity index is 1.17. The molecule has 4 heterocycles. The maximum atomic E-state index is 12.3. The van der Waals surface area contributed by atoms with E-state index in [-0.39, 0.29) is 6.61 Å². The first-order valence-corrected chi connectivity index (χ1v) is 16.6. The van der Waals surface area contributed by atoms with Crippen LogP contribution < -0.4 is 14.8 Å². The summed E-state index contributed by atoms with van der Waals surface area (Å²) >= 11 is 6.53. The van der Waals surface area contributed by atoms with Gasteiger partial charge in [0, 0.05) is 61.1 Å². The number of aryl methyl sites for hydroxylation is 1. The molecule has 3 aromatic heterocycles. The van der Waals surface area contributed by atoms with Crippen molar-refractivity contribution in [1.82, 2.24) is 14.9 Å². The molecule has 0 spiro atoms. The number of halogens is 1. The number of hydrogen-bond acceptors (Lipinski definition) is 8. The molecule has 1 saturated heterocycles. The van der Waals surface area contributed by atoms with Gasteiger partial charge in [-0.25, -0.2) is 9.97 Å². The molecular weight excluding hydrogens is 573 g/mol. The van der Waals surface area contributed by atoms with Crippen molar-refractivity contribution in [1.29, 1.82) is 0 Å². The average Bonchev–Trinajstić information content (AvgIpc) is 3.44. The molecule has 42 heavy (non-hydrogen) atoms. The number of benzene rings is 2. The molecule has 1 N–H and O–H groups in total. The fourth-order valence-electron chi connectivity index (χ4n) is 4.99. The van der Waals surface area contributed by atoms with E-state index in [0.29, 0.717) is 34.5 Å². The summed E-state index contributed by atoms with van der Waals surface area (Å²) in [5, 5.41) is 16.8. The molecular formula is C31H31ClN5O4P. The number of pyridine rings is 1. The normalized spacial score (nSPS) is 15.1. The molecule has 1 aliphatic rings. The fourth-order valence-corrected chi connectivity index (χ4v) is 6.86. The summed E-state index contributed by atoms with van der Waals surface area (Å²) in [5.74, 6) is 2.74. The number of nitrogens with one attached hydrogen (secondary N) is 1. The Kier molecular flexibility index (Phi) is 7.90. The minimum absolute atomic E-state index is 0.102. The van der Waals surface area contributed by atoms with Crippen LogP contribution in [0.4, 0.5) is 11.5 Å². The third kappa shape index (κ3) is 6.28. The van der Waals surface area contributed by atoms with Crippen molar-refractivity contribution in [3.05, 3.63) is 100 Å². The topological polar surface area (TPSA) is 107 Å². The van der Waals surface area contributed by atoms with Crippen molar-refractivity contribution in [2.45, 2.75) is 20.1 Å². The Morgan fingerprint density at radius 1 is 1.10 bits per heavy atom. The molecule has 0 aliphatic carbocycles. The molecule has 0 saturated carbocycles. The first kappa shape index (κ1) is 28.2. The second-order valence-electron chi connectivity index (χ2n) is 10.8. The molecule has 11 heteroatoms. The summed E-state index contributed by atoms with van der Waals surface area (Å²) in [4.78, 5) is 11.2. The molecule has 0 amide bonds. The molecule has 0 radical (unpaired) electrons. The highest BCUT2D eigenvalue weighted by Gasteiger charge is 2.24. The van der Waals surface area contributed by atoms with E-state index >= 15 is 0 Å². The first-order chi connectivity index (χ1) is 20.2. The minimum atomic E-state index is -1.96. The second-order valence-corrected chi connectivity index (χ2v) is 14.6. The minimum Gasteiger partial charge on any atom is -0.618 e. The Bertz CT molecular complexity index is 1800. The van der Waals surface area contributed by atoms with Crippen LogP contribution >= 0.6 is 18.7 Å². The summed E-state index contributed by atoms with van der Waals surface area (Å²) < 4.78 is 25.2. The molecule has 0 unspecified atom stereocenters. The third-order valence-corrected chi connectivity index (χ3v) is 10.1. The van der Waals surface area contributed by atoms with Crippen LogP contribution in [-0.2, 0) is 17.7 Å². The van der Waals surface area contributed by atoms with E-state index in [2.05, 4.69) is 20.2 Å². The van der Waals surface area contributed by atoms with Gasteiger partial charge in [0.2, 0.25) is 5.69 Å². The summed E-state index contributed by atoms with van der Waals surface area (Å²) in [6.07, 6.45) is 3.04. The SMILES string of the molecule is Cc1cccc(COc2ccc(Nc3ncnc4ccc(-c5ccc(CN6CCP(C)(=O)CC6)o5)cc34)cc2Cl)[n+]1[O-]. The van der Waals surface area contributed by atoms with Gasteiger partial charge < -0.3 is 24.2 Å². The molecule has 2 aromatic carbocycles. The van der Waals surface area contributed by atoms with Crippen molar-refractivity contribution in [3.63, 3.8) is 0 Å². The van der Waals surface area contributed by atoms with Gasteiger partial charge in [-0.2, -0.15) is 4.73 Å². The van der Waals surface area contributed by atoms with Crippen LogP contribution in [0.3, 0.4) is 0 Å². The number of fused-ring (bicyclic) bond motifs is 1. The number of anilines is 2. The van der Waals surface area contributed by atoms with Gasteiger partial charge in [-0.05, 0) is 61.3 Å². The fraction of sp³-hybridized carbons (Fsp3) is 0.258. The quantitative estimate of drug-likeness (QED) is 0.120. The van der Waals surface area contributed by atoms with E-state index in [9.17, 15) is 9.77 Å². The molecule has 1 aliphatic heterocycles. The van der Waals surface area contributed by atoms with Crippen molar-refractivity contribution >= 4 is 41.2 Å².